The van der Waals surface area contributed by atoms with E-state index in [9.17, 15) is 15.2 Å². The Morgan fingerprint density at radius 1 is 1.19 bits per heavy atom. The van der Waals surface area contributed by atoms with Crippen molar-refractivity contribution in [1.29, 1.82) is 5.26 Å². The van der Waals surface area contributed by atoms with E-state index in [-0.39, 0.29) is 18.0 Å². The number of aromatic hydroxyl groups is 1. The number of para-hydroxylation sites is 1. The molecule has 1 heterocycles. The Labute approximate surface area is 194 Å². The normalized spacial score (nSPS) is 10.8. The van der Waals surface area contributed by atoms with Gasteiger partial charge in [0.2, 0.25) is 5.88 Å². The number of aliphatic imine (C=N–C) groups is 1. The summed E-state index contributed by atoms with van der Waals surface area (Å²) in [7, 11) is 3.11. The predicted molar refractivity (Wildman–Crippen MR) is 126 cm³/mol. The van der Waals surface area contributed by atoms with Crippen molar-refractivity contribution in [2.45, 2.75) is 19.9 Å². The maximum Gasteiger partial charge on any atom is 0.271 e. The number of aromatic nitrogens is 1. The summed E-state index contributed by atoms with van der Waals surface area (Å²) in [6, 6.07) is 14.8. The van der Waals surface area contributed by atoms with Gasteiger partial charge in [0.05, 0.1) is 25.5 Å². The van der Waals surface area contributed by atoms with Crippen LogP contribution in [-0.4, -0.2) is 30.1 Å². The van der Waals surface area contributed by atoms with Crippen LogP contribution in [0.5, 0.6) is 17.4 Å². The first-order valence-electron chi connectivity index (χ1n) is 9.77. The second-order valence-corrected chi connectivity index (χ2v) is 7.81. The third-order valence-corrected chi connectivity index (χ3v) is 5.77. The number of hydrogen-bond acceptors (Lipinski definition) is 6. The van der Waals surface area contributed by atoms with E-state index < -0.39 is 5.56 Å². The van der Waals surface area contributed by atoms with Crippen LogP contribution < -0.4 is 15.0 Å². The summed E-state index contributed by atoms with van der Waals surface area (Å²) in [4.78, 5) is 17.3. The van der Waals surface area contributed by atoms with Gasteiger partial charge in [0.25, 0.3) is 5.56 Å². The second-order valence-electron chi connectivity index (χ2n) is 6.95. The highest BCUT2D eigenvalue weighted by Crippen LogP contribution is 2.29. The Morgan fingerprint density at radius 3 is 2.56 bits per heavy atom. The number of methoxy groups -OCH3 is 2. The van der Waals surface area contributed by atoms with E-state index in [1.54, 1.807) is 27.2 Å². The highest BCUT2D eigenvalue weighted by atomic mass is 79.9. The number of halogens is 1. The van der Waals surface area contributed by atoms with Crippen molar-refractivity contribution in [2.24, 2.45) is 4.99 Å². The van der Waals surface area contributed by atoms with Crippen molar-refractivity contribution in [3.63, 3.8) is 0 Å². The molecule has 0 amide bonds. The van der Waals surface area contributed by atoms with Gasteiger partial charge < -0.3 is 14.6 Å². The molecule has 0 radical (unpaired) electrons. The first-order chi connectivity index (χ1) is 15.4. The lowest BCUT2D eigenvalue weighted by Crippen LogP contribution is -2.26. The molecule has 2 aromatic carbocycles. The Hall–Kier alpha value is -3.57. The average molecular weight is 496 g/mol. The van der Waals surface area contributed by atoms with Crippen LogP contribution in [0.4, 0.5) is 5.69 Å². The first kappa shape index (κ1) is 23.1. The fourth-order valence-electron chi connectivity index (χ4n) is 3.30. The molecule has 32 heavy (non-hydrogen) atoms. The van der Waals surface area contributed by atoms with Crippen LogP contribution in [0.25, 0.3) is 0 Å². The molecule has 3 rings (SSSR count). The molecule has 1 N–H and O–H groups in total. The molecule has 0 aliphatic carbocycles. The van der Waals surface area contributed by atoms with Gasteiger partial charge in [0, 0.05) is 17.2 Å². The van der Waals surface area contributed by atoms with Gasteiger partial charge in [-0.05, 0) is 64.7 Å². The highest BCUT2D eigenvalue weighted by Gasteiger charge is 2.18. The summed E-state index contributed by atoms with van der Waals surface area (Å²) in [6.45, 7) is 1.80. The number of nitrogens with zero attached hydrogens (tertiary/aromatic N) is 3. The van der Waals surface area contributed by atoms with Crippen molar-refractivity contribution in [1.82, 2.24) is 4.57 Å². The van der Waals surface area contributed by atoms with Crippen LogP contribution in [-0.2, 0) is 13.0 Å². The Balaban J connectivity index is 2.00. The number of hydrogen-bond donors (Lipinski definition) is 1. The van der Waals surface area contributed by atoms with Crippen LogP contribution in [0.15, 0.2) is 56.7 Å². The van der Waals surface area contributed by atoms with E-state index >= 15 is 0 Å². The quantitative estimate of drug-likeness (QED) is 0.486. The molecule has 0 aliphatic heterocycles. The lowest BCUT2D eigenvalue weighted by atomic mass is 10.1. The third kappa shape index (κ3) is 4.68. The first-order valence-corrected chi connectivity index (χ1v) is 10.6. The molecule has 164 valence electrons. The van der Waals surface area contributed by atoms with Gasteiger partial charge in [-0.2, -0.15) is 5.26 Å². The van der Waals surface area contributed by atoms with Crippen molar-refractivity contribution >= 4 is 27.8 Å². The summed E-state index contributed by atoms with van der Waals surface area (Å²) in [5.41, 5.74) is 1.69. The highest BCUT2D eigenvalue weighted by molar-refractivity contribution is 9.10. The lowest BCUT2D eigenvalue weighted by Gasteiger charge is -2.15. The Bertz CT molecular complexity index is 1280. The van der Waals surface area contributed by atoms with E-state index in [0.29, 0.717) is 34.7 Å². The summed E-state index contributed by atoms with van der Waals surface area (Å²) in [5, 5.41) is 20.4. The van der Waals surface area contributed by atoms with E-state index in [2.05, 4.69) is 20.9 Å². The van der Waals surface area contributed by atoms with Gasteiger partial charge in [-0.15, -0.1) is 0 Å². The molecule has 0 fully saturated rings. The smallest absolute Gasteiger partial charge is 0.271 e. The summed E-state index contributed by atoms with van der Waals surface area (Å²) < 4.78 is 12.6. The summed E-state index contributed by atoms with van der Waals surface area (Å²) >= 11 is 3.43. The summed E-state index contributed by atoms with van der Waals surface area (Å²) in [6.07, 6.45) is 1.90. The lowest BCUT2D eigenvalue weighted by molar-refractivity contribution is 0.354. The van der Waals surface area contributed by atoms with Crippen molar-refractivity contribution in [3.05, 3.63) is 79.5 Å². The van der Waals surface area contributed by atoms with Crippen LogP contribution >= 0.6 is 15.9 Å². The van der Waals surface area contributed by atoms with E-state index in [1.165, 1.54) is 10.8 Å². The third-order valence-electron chi connectivity index (χ3n) is 5.10. The zero-order valence-corrected chi connectivity index (χ0v) is 19.5. The molecule has 0 atom stereocenters. The predicted octanol–water partition coefficient (Wildman–Crippen LogP) is 4.51. The molecule has 0 unspecified atom stereocenters. The number of aryl methyl sites for hydroxylation is 1. The maximum absolute atomic E-state index is 12.9. The summed E-state index contributed by atoms with van der Waals surface area (Å²) in [5.74, 6) is 0.941. The fraction of sp³-hybridized carbons (Fsp3) is 0.208. The Kier molecular flexibility index (Phi) is 7.33. The SMILES string of the molecule is COc1ccc(CCn2c(O)c(C=Nc3ccccc3Br)c(C)c(C#N)c2=O)cc1OC. The number of rotatable bonds is 7. The zero-order chi connectivity index (χ0) is 23.3. The van der Waals surface area contributed by atoms with Gasteiger partial charge in [-0.3, -0.25) is 14.4 Å². The van der Waals surface area contributed by atoms with Gasteiger partial charge in [-0.1, -0.05) is 18.2 Å². The fourth-order valence-corrected chi connectivity index (χ4v) is 3.69. The molecule has 1 aromatic heterocycles. The molecular weight excluding hydrogens is 474 g/mol. The molecule has 3 aromatic rings. The minimum atomic E-state index is -0.541. The molecule has 0 spiro atoms. The molecule has 8 heteroatoms. The van der Waals surface area contributed by atoms with Gasteiger partial charge in [0.15, 0.2) is 11.5 Å². The van der Waals surface area contributed by atoms with Crippen LogP contribution in [0.3, 0.4) is 0 Å². The van der Waals surface area contributed by atoms with Gasteiger partial charge in [-0.25, -0.2) is 0 Å². The standard InChI is InChI=1S/C24H22BrN3O4/c1-15-17(13-26)23(29)28(11-10-16-8-9-21(31-2)22(12-16)32-3)24(30)18(15)14-27-20-7-5-4-6-19(20)25/h4-9,12,14,30H,10-11H2,1-3H3. The minimum absolute atomic E-state index is 0.0244. The number of pyridine rings is 1. The van der Waals surface area contributed by atoms with Crippen LogP contribution in [0.2, 0.25) is 0 Å². The van der Waals surface area contributed by atoms with Crippen LogP contribution in [0, 0.1) is 18.3 Å². The average Bonchev–Trinajstić information content (AvgIpc) is 2.80. The number of nitriles is 1. The second kappa shape index (κ2) is 10.2. The maximum atomic E-state index is 12.9. The molecule has 0 saturated carbocycles. The largest absolute Gasteiger partial charge is 0.494 e. The van der Waals surface area contributed by atoms with Gasteiger partial charge in [0.1, 0.15) is 11.6 Å². The van der Waals surface area contributed by atoms with Crippen molar-refractivity contribution < 1.29 is 14.6 Å². The Morgan fingerprint density at radius 2 is 1.91 bits per heavy atom. The van der Waals surface area contributed by atoms with Crippen molar-refractivity contribution in [3.8, 4) is 23.4 Å². The molecule has 7 nitrogen and oxygen atoms in total. The zero-order valence-electron chi connectivity index (χ0n) is 17.9. The van der Waals surface area contributed by atoms with E-state index in [4.69, 9.17) is 9.47 Å². The molecule has 0 aliphatic rings. The molecule has 0 saturated heterocycles. The van der Waals surface area contributed by atoms with Crippen LogP contribution in [0.1, 0.15) is 22.3 Å². The van der Waals surface area contributed by atoms with E-state index in [0.717, 1.165) is 10.0 Å². The van der Waals surface area contributed by atoms with Crippen molar-refractivity contribution in [2.75, 3.05) is 14.2 Å². The van der Waals surface area contributed by atoms with E-state index in [1.807, 2.05) is 42.5 Å². The van der Waals surface area contributed by atoms with Gasteiger partial charge >= 0.3 is 0 Å². The minimum Gasteiger partial charge on any atom is -0.494 e. The molecule has 0 bridgehead atoms. The molecular formula is C24H22BrN3O4. The topological polar surface area (TPSA) is 96.8 Å². The number of benzene rings is 2. The number of ether oxygens (including phenoxy) is 2. The monoisotopic (exact) mass is 495 g/mol.